The number of anilines is 4. The van der Waals surface area contributed by atoms with Crippen molar-refractivity contribution in [3.63, 3.8) is 0 Å². The van der Waals surface area contributed by atoms with Crippen molar-refractivity contribution in [2.24, 2.45) is 23.5 Å². The van der Waals surface area contributed by atoms with Crippen molar-refractivity contribution in [1.82, 2.24) is 14.9 Å². The first-order chi connectivity index (χ1) is 16.3. The minimum atomic E-state index is -0.557. The van der Waals surface area contributed by atoms with E-state index >= 15 is 0 Å². The summed E-state index contributed by atoms with van der Waals surface area (Å²) < 4.78 is 14.6. The van der Waals surface area contributed by atoms with Crippen molar-refractivity contribution >= 4 is 29.0 Å². The number of carbonyl (C=O) groups is 1. The fourth-order valence-corrected chi connectivity index (χ4v) is 5.78. The van der Waals surface area contributed by atoms with Crippen LogP contribution in [0.25, 0.3) is 0 Å². The van der Waals surface area contributed by atoms with E-state index in [-0.39, 0.29) is 35.5 Å². The lowest BCUT2D eigenvalue weighted by molar-refractivity contribution is -0.122. The van der Waals surface area contributed by atoms with Crippen molar-refractivity contribution in [3.05, 3.63) is 47.4 Å². The summed E-state index contributed by atoms with van der Waals surface area (Å²) in [5.74, 6) is -0.672. The van der Waals surface area contributed by atoms with Gasteiger partial charge in [-0.25, -0.2) is 9.37 Å². The number of aromatic nitrogens is 2. The van der Waals surface area contributed by atoms with Crippen LogP contribution in [-0.2, 0) is 4.79 Å². The van der Waals surface area contributed by atoms with Crippen molar-refractivity contribution in [1.29, 1.82) is 0 Å². The van der Waals surface area contributed by atoms with E-state index in [1.807, 2.05) is 6.08 Å². The lowest BCUT2D eigenvalue weighted by Crippen LogP contribution is -2.45. The first-order valence-corrected chi connectivity index (χ1v) is 11.9. The van der Waals surface area contributed by atoms with Crippen LogP contribution in [0.1, 0.15) is 17.5 Å². The van der Waals surface area contributed by atoms with Crippen LogP contribution in [0.2, 0.25) is 0 Å². The Bertz CT molecular complexity index is 1110. The first kappa shape index (κ1) is 22.6. The van der Waals surface area contributed by atoms with Gasteiger partial charge in [0, 0.05) is 43.6 Å². The number of benzene rings is 1. The average molecular weight is 466 g/mol. The summed E-state index contributed by atoms with van der Waals surface area (Å²) in [6.07, 6.45) is 6.12. The highest BCUT2D eigenvalue weighted by atomic mass is 19.1. The fourth-order valence-electron chi connectivity index (χ4n) is 5.78. The number of allylic oxidation sites excluding steroid dienone is 1. The summed E-state index contributed by atoms with van der Waals surface area (Å²) in [6, 6.07) is 3.88. The summed E-state index contributed by atoms with van der Waals surface area (Å²) in [5, 5.41) is 6.37. The van der Waals surface area contributed by atoms with Gasteiger partial charge in [0.1, 0.15) is 0 Å². The molecule has 4 atom stereocenters. The molecule has 2 fully saturated rings. The van der Waals surface area contributed by atoms with Crippen LogP contribution >= 0.6 is 0 Å². The Kier molecular flexibility index (Phi) is 5.89. The number of fused-ring (bicyclic) bond motifs is 2. The molecular weight excluding hydrogens is 433 g/mol. The molecule has 1 saturated heterocycles. The van der Waals surface area contributed by atoms with Gasteiger partial charge in [-0.2, -0.15) is 4.98 Å². The van der Waals surface area contributed by atoms with Gasteiger partial charge in [0.15, 0.2) is 11.6 Å². The number of primary amides is 1. The molecule has 3 aliphatic rings. The minimum Gasteiger partial charge on any atom is -0.369 e. The largest absolute Gasteiger partial charge is 0.369 e. The number of amides is 1. The highest BCUT2D eigenvalue weighted by molar-refractivity contribution is 5.80. The Labute approximate surface area is 199 Å². The van der Waals surface area contributed by atoms with Gasteiger partial charge >= 0.3 is 0 Å². The molecule has 0 unspecified atom stereocenters. The summed E-state index contributed by atoms with van der Waals surface area (Å²) in [6.45, 7) is 8.32. The lowest BCUT2D eigenvalue weighted by atomic mass is 9.88. The number of hydrogen-bond donors (Lipinski definition) is 3. The van der Waals surface area contributed by atoms with E-state index in [2.05, 4.69) is 69.5 Å². The molecule has 2 aromatic rings. The van der Waals surface area contributed by atoms with Crippen LogP contribution in [0.5, 0.6) is 0 Å². The second-order valence-corrected chi connectivity index (χ2v) is 9.81. The van der Waals surface area contributed by atoms with Gasteiger partial charge in [-0.15, -0.1) is 0 Å². The predicted molar refractivity (Wildman–Crippen MR) is 132 cm³/mol. The Morgan fingerprint density at radius 3 is 2.47 bits per heavy atom. The van der Waals surface area contributed by atoms with E-state index in [1.165, 1.54) is 16.8 Å². The molecule has 5 rings (SSSR count). The van der Waals surface area contributed by atoms with Crippen LogP contribution < -0.4 is 21.3 Å². The van der Waals surface area contributed by atoms with Gasteiger partial charge in [-0.1, -0.05) is 12.2 Å². The van der Waals surface area contributed by atoms with Crippen molar-refractivity contribution < 1.29 is 9.18 Å². The van der Waals surface area contributed by atoms with Gasteiger partial charge in [0.25, 0.3) is 0 Å². The maximum atomic E-state index is 14.6. The number of halogens is 1. The van der Waals surface area contributed by atoms with Crippen LogP contribution in [0.3, 0.4) is 0 Å². The number of rotatable bonds is 6. The maximum absolute atomic E-state index is 14.6. The lowest BCUT2D eigenvalue weighted by Gasteiger charge is -2.36. The monoisotopic (exact) mass is 465 g/mol. The molecule has 1 amide bonds. The number of aryl methyl sites for hydroxylation is 2. The number of hydrogen-bond acceptors (Lipinski definition) is 7. The van der Waals surface area contributed by atoms with Gasteiger partial charge < -0.3 is 26.2 Å². The number of piperazine rings is 1. The molecule has 0 radical (unpaired) electrons. The zero-order valence-electron chi connectivity index (χ0n) is 19.9. The molecule has 0 spiro atoms. The molecule has 8 nitrogen and oxygen atoms in total. The van der Waals surface area contributed by atoms with Crippen molar-refractivity contribution in [2.75, 3.05) is 48.8 Å². The van der Waals surface area contributed by atoms with Crippen LogP contribution in [-0.4, -0.2) is 60.0 Å². The van der Waals surface area contributed by atoms with E-state index in [9.17, 15) is 9.18 Å². The Hall–Kier alpha value is -3.20. The third-order valence-corrected chi connectivity index (χ3v) is 7.40. The number of nitrogens with one attached hydrogen (secondary N) is 2. The predicted octanol–water partition coefficient (Wildman–Crippen LogP) is 2.82. The number of carbonyl (C=O) groups excluding carboxylic acids is 1. The Morgan fingerprint density at radius 1 is 1.12 bits per heavy atom. The highest BCUT2D eigenvalue weighted by Crippen LogP contribution is 2.45. The summed E-state index contributed by atoms with van der Waals surface area (Å²) in [5.41, 5.74) is 10.1. The Balaban J connectivity index is 1.34. The second kappa shape index (κ2) is 8.87. The summed E-state index contributed by atoms with van der Waals surface area (Å²) in [7, 11) is 2.15. The first-order valence-electron chi connectivity index (χ1n) is 11.9. The average Bonchev–Trinajstić information content (AvgIpc) is 3.39. The third-order valence-electron chi connectivity index (χ3n) is 7.40. The van der Waals surface area contributed by atoms with E-state index in [4.69, 9.17) is 5.73 Å². The van der Waals surface area contributed by atoms with Gasteiger partial charge in [0.05, 0.1) is 12.1 Å². The molecule has 1 aliphatic heterocycles. The quantitative estimate of drug-likeness (QED) is 0.564. The minimum absolute atomic E-state index is 0.0807. The molecule has 9 heteroatoms. The smallest absolute Gasteiger partial charge is 0.229 e. The molecule has 4 N–H and O–H groups in total. The van der Waals surface area contributed by atoms with E-state index < -0.39 is 5.82 Å². The number of nitrogens with zero attached hydrogens (tertiary/aromatic N) is 4. The molecule has 1 aromatic carbocycles. The molecule has 1 saturated carbocycles. The molecular formula is C25H32FN7O. The van der Waals surface area contributed by atoms with Gasteiger partial charge in [0.2, 0.25) is 11.9 Å². The number of likely N-dealkylation sites (N-methyl/N-ethyl adjacent to an activating group) is 1. The standard InChI is InChI=1S/C25H32FN7O/c1-14-10-18(11-15(2)22(14)33-8-6-32(3)7-9-33)29-25-28-13-19(26)24(31-25)30-21-17-5-4-16(12-17)20(21)23(27)34/h4-5,10-11,13,16-17,20-21H,6-9,12H2,1-3H3,(H2,27,34)(H2,28,29,30,31)/t16-,17+,20+,21-/m1/s1. The molecule has 2 aliphatic carbocycles. The summed E-state index contributed by atoms with van der Waals surface area (Å²) in [4.78, 5) is 25.3. The van der Waals surface area contributed by atoms with Gasteiger partial charge in [-0.3, -0.25) is 4.79 Å². The van der Waals surface area contributed by atoms with Crippen molar-refractivity contribution in [2.45, 2.75) is 26.3 Å². The SMILES string of the molecule is Cc1cc(Nc2ncc(F)c(N[C@H]3[C@@H](C(N)=O)[C@@H]4C=C[C@H]3C4)n2)cc(C)c1N1CCN(C)CC1. The zero-order valence-corrected chi connectivity index (χ0v) is 19.9. The molecule has 1 aromatic heterocycles. The summed E-state index contributed by atoms with van der Waals surface area (Å²) >= 11 is 0. The van der Waals surface area contributed by atoms with Crippen LogP contribution in [0.15, 0.2) is 30.5 Å². The van der Waals surface area contributed by atoms with E-state index in [1.54, 1.807) is 0 Å². The zero-order chi connectivity index (χ0) is 24.0. The van der Waals surface area contributed by atoms with E-state index in [0.717, 1.165) is 44.5 Å². The molecule has 180 valence electrons. The van der Waals surface area contributed by atoms with E-state index in [0.29, 0.717) is 5.95 Å². The Morgan fingerprint density at radius 2 is 1.79 bits per heavy atom. The molecule has 34 heavy (non-hydrogen) atoms. The van der Waals surface area contributed by atoms with Crippen LogP contribution in [0, 0.1) is 37.4 Å². The normalized spacial score (nSPS) is 26.2. The molecule has 2 heterocycles. The van der Waals surface area contributed by atoms with Crippen LogP contribution in [0.4, 0.5) is 27.5 Å². The maximum Gasteiger partial charge on any atom is 0.229 e. The topological polar surface area (TPSA) is 99.4 Å². The number of nitrogens with two attached hydrogens (primary N) is 1. The van der Waals surface area contributed by atoms with Crippen molar-refractivity contribution in [3.8, 4) is 0 Å². The molecule has 2 bridgehead atoms. The van der Waals surface area contributed by atoms with Gasteiger partial charge in [-0.05, 0) is 62.4 Å². The highest BCUT2D eigenvalue weighted by Gasteiger charge is 2.47. The fraction of sp³-hybridized carbons (Fsp3) is 0.480. The third kappa shape index (κ3) is 4.20. The second-order valence-electron chi connectivity index (χ2n) is 9.81.